The molecule has 15 heavy (non-hydrogen) atoms. The molecular weight excluding hydrogens is 288 g/mol. The van der Waals surface area contributed by atoms with Crippen LogP contribution in [-0.2, 0) is 0 Å². The highest BCUT2D eigenvalue weighted by Crippen LogP contribution is 2.29. The Kier molecular flexibility index (Phi) is 3.55. The van der Waals surface area contributed by atoms with Gasteiger partial charge in [0.15, 0.2) is 10.9 Å². The van der Waals surface area contributed by atoms with Gasteiger partial charge in [-0.05, 0) is 34.2 Å². The first-order valence-electron chi connectivity index (χ1n) is 3.61. The Morgan fingerprint density at radius 2 is 2.20 bits per heavy atom. The number of nitrogens with two attached hydrogens (primary N) is 1. The molecule has 1 aromatic rings. The summed E-state index contributed by atoms with van der Waals surface area (Å²) in [5, 5.41) is 10.6. The summed E-state index contributed by atoms with van der Waals surface area (Å²) in [5.41, 5.74) is 4.31. The van der Waals surface area contributed by atoms with Gasteiger partial charge < -0.3 is 11.1 Å². The van der Waals surface area contributed by atoms with Crippen molar-refractivity contribution < 1.29 is 8.78 Å². The van der Waals surface area contributed by atoms with Crippen LogP contribution in [0.3, 0.4) is 0 Å². The zero-order valence-corrected chi connectivity index (χ0v) is 9.55. The topological polar surface area (TPSA) is 61.8 Å². The highest BCUT2D eigenvalue weighted by Gasteiger charge is 2.17. The molecule has 0 heterocycles. The van der Waals surface area contributed by atoms with Crippen molar-refractivity contribution in [3.63, 3.8) is 0 Å². The predicted molar refractivity (Wildman–Crippen MR) is 59.2 cm³/mol. The minimum Gasteiger partial charge on any atom is -0.376 e. The zero-order valence-electron chi connectivity index (χ0n) is 7.14. The first kappa shape index (κ1) is 11.8. The van der Waals surface area contributed by atoms with Gasteiger partial charge in [-0.25, -0.2) is 8.78 Å². The molecule has 0 atom stereocenters. The van der Waals surface area contributed by atoms with E-state index in [1.54, 1.807) is 0 Å². The van der Waals surface area contributed by atoms with Crippen molar-refractivity contribution in [1.82, 2.24) is 0 Å². The highest BCUT2D eigenvalue weighted by molar-refractivity contribution is 9.10. The Morgan fingerprint density at radius 1 is 1.60 bits per heavy atom. The van der Waals surface area contributed by atoms with Crippen molar-refractivity contribution in [2.24, 2.45) is 5.73 Å². The van der Waals surface area contributed by atoms with Gasteiger partial charge >= 0.3 is 0 Å². The van der Waals surface area contributed by atoms with E-state index >= 15 is 0 Å². The van der Waals surface area contributed by atoms with Crippen molar-refractivity contribution in [1.29, 1.82) is 5.26 Å². The molecule has 0 aliphatic carbocycles. The van der Waals surface area contributed by atoms with Gasteiger partial charge in [-0.1, -0.05) is 0 Å². The molecule has 0 aliphatic rings. The minimum atomic E-state index is -1.03. The van der Waals surface area contributed by atoms with Crippen LogP contribution in [0.5, 0.6) is 0 Å². The highest BCUT2D eigenvalue weighted by atomic mass is 79.9. The normalized spacial score (nSPS) is 9.47. The summed E-state index contributed by atoms with van der Waals surface area (Å²) < 4.78 is 26.6. The first-order chi connectivity index (χ1) is 6.97. The van der Waals surface area contributed by atoms with Gasteiger partial charge in [-0.3, -0.25) is 0 Å². The monoisotopic (exact) mass is 291 g/mol. The summed E-state index contributed by atoms with van der Waals surface area (Å²) in [5.74, 6) is -1.98. The second-order valence-corrected chi connectivity index (χ2v) is 3.80. The van der Waals surface area contributed by atoms with Crippen molar-refractivity contribution in [2.75, 3.05) is 5.32 Å². The van der Waals surface area contributed by atoms with E-state index in [1.165, 1.54) is 6.07 Å². The maximum Gasteiger partial charge on any atom is 0.168 e. The van der Waals surface area contributed by atoms with Crippen LogP contribution in [0.25, 0.3) is 0 Å². The van der Waals surface area contributed by atoms with Crippen LogP contribution >= 0.6 is 28.1 Å². The Balaban J connectivity index is 3.40. The van der Waals surface area contributed by atoms with Crippen molar-refractivity contribution in [3.8, 4) is 6.07 Å². The van der Waals surface area contributed by atoms with E-state index in [2.05, 4.69) is 33.5 Å². The Morgan fingerprint density at radius 3 is 2.67 bits per heavy atom. The number of halogens is 3. The fourth-order valence-electron chi connectivity index (χ4n) is 0.931. The fourth-order valence-corrected chi connectivity index (χ4v) is 1.51. The molecule has 1 rings (SSSR count). The number of nitrogens with one attached hydrogen (secondary N) is 1. The molecule has 3 nitrogen and oxygen atoms in total. The summed E-state index contributed by atoms with van der Waals surface area (Å²) in [6.07, 6.45) is 0. The molecule has 0 saturated heterocycles. The second kappa shape index (κ2) is 4.51. The van der Waals surface area contributed by atoms with E-state index < -0.39 is 17.2 Å². The molecule has 3 N–H and O–H groups in total. The number of nitrogens with zero attached hydrogens (tertiary/aromatic N) is 1. The summed E-state index contributed by atoms with van der Waals surface area (Å²) in [6, 6.07) is 2.37. The van der Waals surface area contributed by atoms with Crippen LogP contribution in [0.4, 0.5) is 14.5 Å². The summed E-state index contributed by atoms with van der Waals surface area (Å²) in [6.45, 7) is 0. The lowest BCUT2D eigenvalue weighted by Crippen LogP contribution is -2.20. The maximum absolute atomic E-state index is 13.5. The third-order valence-corrected chi connectivity index (χ3v) is 2.26. The summed E-state index contributed by atoms with van der Waals surface area (Å²) >= 11 is 7.43. The lowest BCUT2D eigenvalue weighted by atomic mass is 10.2. The number of anilines is 1. The maximum atomic E-state index is 13.5. The molecule has 1 aromatic carbocycles. The van der Waals surface area contributed by atoms with E-state index in [4.69, 9.17) is 11.0 Å². The molecular formula is C8H4BrF2N3S. The molecule has 0 radical (unpaired) electrons. The first-order valence-corrected chi connectivity index (χ1v) is 4.81. The standard InChI is InChI=1S/C8H4BrF2N3S/c9-4-1-5(10)3(2-12)6(11)7(4)14-8(13)15/h1H,(H3,13,14,15). The van der Waals surface area contributed by atoms with E-state index in [0.29, 0.717) is 0 Å². The van der Waals surface area contributed by atoms with Crippen LogP contribution < -0.4 is 11.1 Å². The van der Waals surface area contributed by atoms with Gasteiger partial charge in [-0.15, -0.1) is 0 Å². The van der Waals surface area contributed by atoms with Gasteiger partial charge in [0.1, 0.15) is 17.4 Å². The van der Waals surface area contributed by atoms with Crippen molar-refractivity contribution >= 4 is 38.9 Å². The van der Waals surface area contributed by atoms with Gasteiger partial charge in [0.05, 0.1) is 5.69 Å². The minimum absolute atomic E-state index is 0.101. The molecule has 0 amide bonds. The van der Waals surface area contributed by atoms with E-state index in [9.17, 15) is 8.78 Å². The smallest absolute Gasteiger partial charge is 0.168 e. The van der Waals surface area contributed by atoms with Crippen LogP contribution in [0.1, 0.15) is 5.56 Å². The molecule has 0 saturated carbocycles. The van der Waals surface area contributed by atoms with Gasteiger partial charge in [-0.2, -0.15) is 5.26 Å². The fraction of sp³-hybridized carbons (Fsp3) is 0. The number of nitriles is 1. The van der Waals surface area contributed by atoms with E-state index in [0.717, 1.165) is 6.07 Å². The predicted octanol–water partition coefficient (Wildman–Crippen LogP) is 2.25. The lowest BCUT2D eigenvalue weighted by Gasteiger charge is -2.09. The average Bonchev–Trinajstić information content (AvgIpc) is 2.12. The van der Waals surface area contributed by atoms with Crippen LogP contribution in [0.15, 0.2) is 10.5 Å². The molecule has 78 valence electrons. The Labute approximate surface area is 98.0 Å². The van der Waals surface area contributed by atoms with Crippen molar-refractivity contribution in [3.05, 3.63) is 27.7 Å². The summed E-state index contributed by atoms with van der Waals surface area (Å²) in [7, 11) is 0. The summed E-state index contributed by atoms with van der Waals surface area (Å²) in [4.78, 5) is 0. The van der Waals surface area contributed by atoms with Crippen LogP contribution in [0.2, 0.25) is 0 Å². The van der Waals surface area contributed by atoms with Gasteiger partial charge in [0.2, 0.25) is 0 Å². The van der Waals surface area contributed by atoms with Crippen molar-refractivity contribution in [2.45, 2.75) is 0 Å². The van der Waals surface area contributed by atoms with E-state index in [-0.39, 0.29) is 15.3 Å². The Bertz CT molecular complexity index is 470. The molecule has 0 fully saturated rings. The molecule has 0 bridgehead atoms. The zero-order chi connectivity index (χ0) is 11.6. The van der Waals surface area contributed by atoms with Crippen LogP contribution in [-0.4, -0.2) is 5.11 Å². The second-order valence-electron chi connectivity index (χ2n) is 2.51. The molecule has 0 aromatic heterocycles. The molecule has 7 heteroatoms. The molecule has 0 spiro atoms. The van der Waals surface area contributed by atoms with E-state index in [1.807, 2.05) is 0 Å². The number of hydrogen-bond acceptors (Lipinski definition) is 2. The third kappa shape index (κ3) is 2.40. The van der Waals surface area contributed by atoms with Crippen LogP contribution in [0, 0.1) is 23.0 Å². The molecule has 0 aliphatic heterocycles. The largest absolute Gasteiger partial charge is 0.376 e. The average molecular weight is 292 g/mol. The molecule has 0 unspecified atom stereocenters. The Hall–Kier alpha value is -1.26. The number of hydrogen-bond donors (Lipinski definition) is 2. The van der Waals surface area contributed by atoms with Gasteiger partial charge in [0, 0.05) is 4.47 Å². The lowest BCUT2D eigenvalue weighted by molar-refractivity contribution is 0.578. The third-order valence-electron chi connectivity index (χ3n) is 1.53. The number of rotatable bonds is 1. The SMILES string of the molecule is N#Cc1c(F)cc(Br)c(NC(N)=S)c1F. The number of thiocarbonyl (C=S) groups is 1. The van der Waals surface area contributed by atoms with Gasteiger partial charge in [0.25, 0.3) is 0 Å². The quantitative estimate of drug-likeness (QED) is 0.779. The number of benzene rings is 1.